The Morgan fingerprint density at radius 2 is 1.78 bits per heavy atom. The number of carboxylic acid groups (broad SMARTS) is 1. The molecule has 2 heterocycles. The Labute approximate surface area is 207 Å². The molecule has 192 valence electrons. The first-order valence-electron chi connectivity index (χ1n) is 10.3. The summed E-state index contributed by atoms with van der Waals surface area (Å²) in [5.41, 5.74) is 4.06. The molecule has 1 saturated heterocycles. The van der Waals surface area contributed by atoms with E-state index < -0.39 is 27.9 Å². The summed E-state index contributed by atoms with van der Waals surface area (Å²) < 4.78 is 68.9. The Morgan fingerprint density at radius 3 is 2.31 bits per heavy atom. The highest BCUT2D eigenvalue weighted by molar-refractivity contribution is 7.89. The molecule has 0 spiro atoms. The smallest absolute Gasteiger partial charge is 0.417 e. The fourth-order valence-electron chi connectivity index (χ4n) is 3.72. The van der Waals surface area contributed by atoms with Gasteiger partial charge >= 0.3 is 12.3 Å². The fourth-order valence-corrected chi connectivity index (χ4v) is 5.47. The van der Waals surface area contributed by atoms with Crippen LogP contribution in [0.5, 0.6) is 0 Å². The van der Waals surface area contributed by atoms with Gasteiger partial charge in [0.1, 0.15) is 0 Å². The van der Waals surface area contributed by atoms with E-state index in [9.17, 15) is 26.4 Å². The SMILES string of the molecule is Nc1nc(Nc2cc(Cl)c(-c3ccc(S(=O)(=O)N4CCN(C(=O)O)CC4)cc3)c(C(F)(F)F)c2)n[nH]1. The molecule has 1 aliphatic heterocycles. The van der Waals surface area contributed by atoms with Crippen molar-refractivity contribution in [2.75, 3.05) is 37.2 Å². The van der Waals surface area contributed by atoms with Gasteiger partial charge in [0, 0.05) is 37.4 Å². The maximum Gasteiger partial charge on any atom is 0.417 e. The molecule has 0 aliphatic carbocycles. The van der Waals surface area contributed by atoms with Crippen LogP contribution in [0.1, 0.15) is 5.56 Å². The summed E-state index contributed by atoms with van der Waals surface area (Å²) in [6.07, 6.45) is -5.93. The molecule has 0 radical (unpaired) electrons. The minimum atomic E-state index is -4.79. The van der Waals surface area contributed by atoms with E-state index in [2.05, 4.69) is 20.5 Å². The predicted molar refractivity (Wildman–Crippen MR) is 124 cm³/mol. The minimum Gasteiger partial charge on any atom is -0.465 e. The number of nitrogens with one attached hydrogen (secondary N) is 2. The van der Waals surface area contributed by atoms with Crippen molar-refractivity contribution >= 4 is 45.3 Å². The van der Waals surface area contributed by atoms with E-state index in [0.717, 1.165) is 15.3 Å². The molecule has 1 amide bonds. The van der Waals surface area contributed by atoms with Crippen LogP contribution in [0.2, 0.25) is 5.02 Å². The summed E-state index contributed by atoms with van der Waals surface area (Å²) in [5, 5.41) is 17.4. The van der Waals surface area contributed by atoms with Crippen LogP contribution in [-0.2, 0) is 16.2 Å². The number of amides is 1. The number of sulfonamides is 1. The second-order valence-corrected chi connectivity index (χ2v) is 10.1. The van der Waals surface area contributed by atoms with Gasteiger partial charge in [0.25, 0.3) is 0 Å². The first kappa shape index (κ1) is 25.5. The van der Waals surface area contributed by atoms with Gasteiger partial charge < -0.3 is 21.1 Å². The van der Waals surface area contributed by atoms with E-state index in [-0.39, 0.29) is 64.8 Å². The van der Waals surface area contributed by atoms with E-state index in [1.165, 1.54) is 30.3 Å². The van der Waals surface area contributed by atoms with E-state index in [0.29, 0.717) is 0 Å². The number of halogens is 4. The molecule has 1 aromatic heterocycles. The Hall–Kier alpha value is -3.56. The molecule has 3 aromatic rings. The van der Waals surface area contributed by atoms with E-state index in [1.807, 2.05) is 0 Å². The second kappa shape index (κ2) is 9.48. The van der Waals surface area contributed by atoms with Crippen LogP contribution in [0.15, 0.2) is 41.3 Å². The molecule has 0 bridgehead atoms. The number of anilines is 3. The van der Waals surface area contributed by atoms with Gasteiger partial charge in [-0.15, -0.1) is 5.10 Å². The number of benzene rings is 2. The van der Waals surface area contributed by atoms with Gasteiger partial charge in [-0.3, -0.25) is 0 Å². The average Bonchev–Trinajstić information content (AvgIpc) is 3.22. The highest BCUT2D eigenvalue weighted by Crippen LogP contribution is 2.43. The first-order valence-corrected chi connectivity index (χ1v) is 12.1. The number of carbonyl (C=O) groups is 1. The number of nitrogens with zero attached hydrogens (tertiary/aromatic N) is 4. The second-order valence-electron chi connectivity index (χ2n) is 7.75. The largest absolute Gasteiger partial charge is 0.465 e. The van der Waals surface area contributed by atoms with Crippen LogP contribution in [0.3, 0.4) is 0 Å². The number of nitrogen functional groups attached to an aromatic ring is 1. The van der Waals surface area contributed by atoms with E-state index in [1.54, 1.807) is 0 Å². The van der Waals surface area contributed by atoms with Gasteiger partial charge in [-0.05, 0) is 29.8 Å². The van der Waals surface area contributed by atoms with Gasteiger partial charge in [0.05, 0.1) is 15.5 Å². The van der Waals surface area contributed by atoms with Crippen molar-refractivity contribution in [3.63, 3.8) is 0 Å². The quantitative estimate of drug-likeness (QED) is 0.379. The van der Waals surface area contributed by atoms with Crippen LogP contribution in [0.25, 0.3) is 11.1 Å². The summed E-state index contributed by atoms with van der Waals surface area (Å²) in [7, 11) is -3.98. The van der Waals surface area contributed by atoms with Crippen LogP contribution >= 0.6 is 11.6 Å². The Morgan fingerprint density at radius 1 is 1.14 bits per heavy atom. The molecule has 5 N–H and O–H groups in total. The van der Waals surface area contributed by atoms with E-state index in [4.69, 9.17) is 22.4 Å². The molecule has 1 aliphatic rings. The van der Waals surface area contributed by atoms with Gasteiger partial charge in [-0.25, -0.2) is 18.3 Å². The maximum absolute atomic E-state index is 13.9. The summed E-state index contributed by atoms with van der Waals surface area (Å²) in [6.45, 7) is -0.0489. The number of nitrogens with two attached hydrogens (primary N) is 1. The van der Waals surface area contributed by atoms with Crippen molar-refractivity contribution in [2.24, 2.45) is 0 Å². The van der Waals surface area contributed by atoms with Crippen molar-refractivity contribution in [1.82, 2.24) is 24.4 Å². The zero-order chi connectivity index (χ0) is 26.3. The molecule has 2 aromatic carbocycles. The molecule has 11 nitrogen and oxygen atoms in total. The van der Waals surface area contributed by atoms with Gasteiger partial charge in [0.2, 0.25) is 21.9 Å². The summed E-state index contributed by atoms with van der Waals surface area (Å²) in [5.74, 6) is -0.0849. The Bertz CT molecular complexity index is 1390. The van der Waals surface area contributed by atoms with Gasteiger partial charge in [-0.2, -0.15) is 22.5 Å². The normalized spacial score (nSPS) is 15.2. The molecule has 0 atom stereocenters. The molecule has 0 saturated carbocycles. The zero-order valence-electron chi connectivity index (χ0n) is 18.3. The van der Waals surface area contributed by atoms with Gasteiger partial charge in [-0.1, -0.05) is 23.7 Å². The third-order valence-corrected chi connectivity index (χ3v) is 7.66. The minimum absolute atomic E-state index is 0.0119. The molecular formula is C20H19ClF3N7O4S. The van der Waals surface area contributed by atoms with Crippen molar-refractivity contribution < 1.29 is 31.5 Å². The summed E-state index contributed by atoms with van der Waals surface area (Å²) in [6, 6.07) is 6.94. The van der Waals surface area contributed by atoms with Crippen LogP contribution < -0.4 is 11.1 Å². The summed E-state index contributed by atoms with van der Waals surface area (Å²) >= 11 is 6.24. The zero-order valence-corrected chi connectivity index (χ0v) is 19.8. The Kier molecular flexibility index (Phi) is 6.72. The first-order chi connectivity index (χ1) is 16.9. The van der Waals surface area contributed by atoms with Crippen molar-refractivity contribution in [2.45, 2.75) is 11.1 Å². The maximum atomic E-state index is 13.9. The number of H-pyrrole nitrogens is 1. The average molecular weight is 546 g/mol. The number of alkyl halides is 3. The van der Waals surface area contributed by atoms with Crippen LogP contribution in [-0.4, -0.2) is 70.2 Å². The highest BCUT2D eigenvalue weighted by atomic mass is 35.5. The van der Waals surface area contributed by atoms with Crippen molar-refractivity contribution in [3.05, 3.63) is 47.0 Å². The predicted octanol–water partition coefficient (Wildman–Crippen LogP) is 3.45. The molecular weight excluding hydrogens is 527 g/mol. The number of hydrogen-bond acceptors (Lipinski definition) is 7. The highest BCUT2D eigenvalue weighted by Gasteiger charge is 2.36. The standard InChI is InChI=1S/C20H19ClF3N7O4S/c21-15-10-12(26-18-27-17(25)28-29-18)9-14(20(22,23)24)16(15)11-1-3-13(4-2-11)36(34,35)31-7-5-30(6-8-31)19(32)33/h1-4,9-10H,5-8H2,(H,32,33)(H4,25,26,27,28,29). The number of piperazine rings is 1. The lowest BCUT2D eigenvalue weighted by molar-refractivity contribution is -0.137. The number of rotatable bonds is 5. The lowest BCUT2D eigenvalue weighted by Gasteiger charge is -2.32. The number of aromatic amines is 1. The number of aromatic nitrogens is 3. The summed E-state index contributed by atoms with van der Waals surface area (Å²) in [4.78, 5) is 15.8. The molecule has 0 unspecified atom stereocenters. The third kappa shape index (κ3) is 5.17. The van der Waals surface area contributed by atoms with E-state index >= 15 is 0 Å². The molecule has 4 rings (SSSR count). The molecule has 16 heteroatoms. The van der Waals surface area contributed by atoms with Crippen molar-refractivity contribution in [1.29, 1.82) is 0 Å². The third-order valence-electron chi connectivity index (χ3n) is 5.44. The van der Waals surface area contributed by atoms with Gasteiger partial charge in [0.15, 0.2) is 0 Å². The number of hydrogen-bond donors (Lipinski definition) is 4. The molecule has 36 heavy (non-hydrogen) atoms. The monoisotopic (exact) mass is 545 g/mol. The lowest BCUT2D eigenvalue weighted by atomic mass is 9.98. The van der Waals surface area contributed by atoms with Crippen LogP contribution in [0, 0.1) is 0 Å². The molecule has 1 fully saturated rings. The topological polar surface area (TPSA) is 158 Å². The lowest BCUT2D eigenvalue weighted by Crippen LogP contribution is -2.50. The Balaban J connectivity index is 1.64. The fraction of sp³-hybridized carbons (Fsp3) is 0.250. The van der Waals surface area contributed by atoms with Crippen molar-refractivity contribution in [3.8, 4) is 11.1 Å². The van der Waals surface area contributed by atoms with Crippen LogP contribution in [0.4, 0.5) is 35.5 Å².